The number of aryl methyl sites for hydroxylation is 1. The molecular formula is C20H24N2O4. The molecule has 1 aromatic carbocycles. The van der Waals surface area contributed by atoms with Gasteiger partial charge in [-0.05, 0) is 25.3 Å². The van der Waals surface area contributed by atoms with E-state index in [0.29, 0.717) is 13.0 Å². The number of nitrogens with one attached hydrogen (secondary N) is 2. The molecule has 0 spiro atoms. The molecule has 1 heterocycles. The SMILES string of the molecule is C=CCCc1[nH]c2ccccc2c1NCCC=C(C(=O)OC)C(=O)OC. The molecule has 6 heteroatoms. The maximum Gasteiger partial charge on any atom is 0.344 e. The van der Waals surface area contributed by atoms with Crippen LogP contribution in [0.25, 0.3) is 10.9 Å². The predicted molar refractivity (Wildman–Crippen MR) is 102 cm³/mol. The van der Waals surface area contributed by atoms with Crippen LogP contribution in [0.1, 0.15) is 18.5 Å². The first-order valence-corrected chi connectivity index (χ1v) is 8.43. The van der Waals surface area contributed by atoms with Gasteiger partial charge in [-0.15, -0.1) is 6.58 Å². The first-order valence-electron chi connectivity index (χ1n) is 8.43. The third-order valence-corrected chi connectivity index (χ3v) is 3.99. The normalized spacial score (nSPS) is 10.2. The van der Waals surface area contributed by atoms with Crippen molar-refractivity contribution in [1.82, 2.24) is 4.98 Å². The highest BCUT2D eigenvalue weighted by Crippen LogP contribution is 2.28. The molecule has 0 unspecified atom stereocenters. The molecule has 0 radical (unpaired) electrons. The summed E-state index contributed by atoms with van der Waals surface area (Å²) in [7, 11) is 2.46. The van der Waals surface area contributed by atoms with E-state index < -0.39 is 11.9 Å². The van der Waals surface area contributed by atoms with Crippen molar-refractivity contribution < 1.29 is 19.1 Å². The lowest BCUT2D eigenvalue weighted by Crippen LogP contribution is -2.16. The first-order chi connectivity index (χ1) is 12.6. The third-order valence-electron chi connectivity index (χ3n) is 3.99. The molecule has 2 aromatic rings. The highest BCUT2D eigenvalue weighted by molar-refractivity contribution is 6.13. The van der Waals surface area contributed by atoms with E-state index >= 15 is 0 Å². The standard InChI is InChI=1S/C20H24N2O4/c1-4-5-11-17-18(14-9-6-7-12-16(14)22-17)21-13-8-10-15(19(23)25-2)20(24)26-3/h4,6-7,9-10,12,21-22H,1,5,8,11,13H2,2-3H3. The maximum atomic E-state index is 11.7. The van der Waals surface area contributed by atoms with E-state index in [4.69, 9.17) is 0 Å². The Hall–Kier alpha value is -3.02. The fourth-order valence-electron chi connectivity index (χ4n) is 2.72. The third kappa shape index (κ3) is 4.53. The highest BCUT2D eigenvalue weighted by atomic mass is 16.5. The Bertz CT molecular complexity index is 802. The molecule has 0 aliphatic heterocycles. The Balaban J connectivity index is 2.13. The van der Waals surface area contributed by atoms with Gasteiger partial charge < -0.3 is 19.8 Å². The summed E-state index contributed by atoms with van der Waals surface area (Å²) in [6, 6.07) is 8.06. The van der Waals surface area contributed by atoms with Gasteiger partial charge in [0.1, 0.15) is 5.57 Å². The van der Waals surface area contributed by atoms with Crippen LogP contribution in [0, 0.1) is 0 Å². The van der Waals surface area contributed by atoms with Gasteiger partial charge in [-0.3, -0.25) is 0 Å². The molecule has 2 N–H and O–H groups in total. The number of fused-ring (bicyclic) bond motifs is 1. The van der Waals surface area contributed by atoms with Gasteiger partial charge in [-0.25, -0.2) is 9.59 Å². The summed E-state index contributed by atoms with van der Waals surface area (Å²) in [6.07, 6.45) is 5.61. The molecule has 6 nitrogen and oxygen atoms in total. The number of esters is 2. The van der Waals surface area contributed by atoms with Crippen molar-refractivity contribution in [2.24, 2.45) is 0 Å². The molecule has 0 saturated heterocycles. The molecule has 2 rings (SSSR count). The largest absolute Gasteiger partial charge is 0.465 e. The van der Waals surface area contributed by atoms with Crippen LogP contribution in [0.2, 0.25) is 0 Å². The van der Waals surface area contributed by atoms with Crippen molar-refractivity contribution in [1.29, 1.82) is 0 Å². The van der Waals surface area contributed by atoms with Crippen LogP contribution in [0.4, 0.5) is 5.69 Å². The Labute approximate surface area is 152 Å². The molecular weight excluding hydrogens is 332 g/mol. The Morgan fingerprint density at radius 1 is 1.15 bits per heavy atom. The molecule has 0 amide bonds. The van der Waals surface area contributed by atoms with E-state index in [1.54, 1.807) is 0 Å². The van der Waals surface area contributed by atoms with Crippen LogP contribution in [-0.2, 0) is 25.5 Å². The van der Waals surface area contributed by atoms with Gasteiger partial charge in [0.25, 0.3) is 0 Å². The summed E-state index contributed by atoms with van der Waals surface area (Å²) in [5.74, 6) is -1.40. The van der Waals surface area contributed by atoms with Crippen LogP contribution in [0.5, 0.6) is 0 Å². The van der Waals surface area contributed by atoms with Crippen LogP contribution in [0.3, 0.4) is 0 Å². The van der Waals surface area contributed by atoms with E-state index in [2.05, 4.69) is 32.4 Å². The quantitative estimate of drug-likeness (QED) is 0.180. The fourth-order valence-corrected chi connectivity index (χ4v) is 2.72. The number of hydrogen-bond acceptors (Lipinski definition) is 5. The summed E-state index contributed by atoms with van der Waals surface area (Å²) in [6.45, 7) is 4.33. The number of anilines is 1. The van der Waals surface area contributed by atoms with Crippen LogP contribution in [-0.4, -0.2) is 37.7 Å². The summed E-state index contributed by atoms with van der Waals surface area (Å²) in [5.41, 5.74) is 3.11. The van der Waals surface area contributed by atoms with Gasteiger partial charge in [0.15, 0.2) is 0 Å². The number of aromatic nitrogens is 1. The van der Waals surface area contributed by atoms with E-state index in [1.165, 1.54) is 20.3 Å². The second kappa shape index (κ2) is 9.46. The predicted octanol–water partition coefficient (Wildman–Crippen LogP) is 3.36. The monoisotopic (exact) mass is 356 g/mol. The molecule has 0 aliphatic carbocycles. The van der Waals surface area contributed by atoms with Gasteiger partial charge >= 0.3 is 11.9 Å². The van der Waals surface area contributed by atoms with Crippen molar-refractivity contribution in [3.8, 4) is 0 Å². The van der Waals surface area contributed by atoms with E-state index in [1.807, 2.05) is 24.3 Å². The minimum absolute atomic E-state index is 0.0948. The number of hydrogen-bond donors (Lipinski definition) is 2. The fraction of sp³-hybridized carbons (Fsp3) is 0.300. The Morgan fingerprint density at radius 3 is 2.50 bits per heavy atom. The molecule has 0 fully saturated rings. The van der Waals surface area contributed by atoms with Crippen molar-refractivity contribution in [2.75, 3.05) is 26.1 Å². The van der Waals surface area contributed by atoms with Crippen LogP contribution in [0.15, 0.2) is 48.6 Å². The zero-order valence-electron chi connectivity index (χ0n) is 15.1. The maximum absolute atomic E-state index is 11.7. The first kappa shape index (κ1) is 19.3. The summed E-state index contributed by atoms with van der Waals surface area (Å²) >= 11 is 0. The van der Waals surface area contributed by atoms with Crippen molar-refractivity contribution in [3.63, 3.8) is 0 Å². The molecule has 138 valence electrons. The molecule has 26 heavy (non-hydrogen) atoms. The number of methoxy groups -OCH3 is 2. The zero-order valence-corrected chi connectivity index (χ0v) is 15.1. The summed E-state index contributed by atoms with van der Waals surface area (Å²) in [5, 5.41) is 4.51. The Morgan fingerprint density at radius 2 is 1.85 bits per heavy atom. The number of aromatic amines is 1. The van der Waals surface area contributed by atoms with Gasteiger partial charge in [0.2, 0.25) is 0 Å². The van der Waals surface area contributed by atoms with Gasteiger partial charge in [-0.1, -0.05) is 30.4 Å². The van der Waals surface area contributed by atoms with Gasteiger partial charge in [0, 0.05) is 23.1 Å². The summed E-state index contributed by atoms with van der Waals surface area (Å²) < 4.78 is 9.23. The van der Waals surface area contributed by atoms with E-state index in [-0.39, 0.29) is 5.57 Å². The number of carbonyl (C=O) groups is 2. The number of H-pyrrole nitrogens is 1. The van der Waals surface area contributed by atoms with Crippen molar-refractivity contribution in [3.05, 3.63) is 54.3 Å². The second-order valence-corrected chi connectivity index (χ2v) is 5.67. The average molecular weight is 356 g/mol. The number of benzene rings is 1. The molecule has 0 atom stereocenters. The zero-order chi connectivity index (χ0) is 18.9. The van der Waals surface area contributed by atoms with Crippen LogP contribution < -0.4 is 5.32 Å². The van der Waals surface area contributed by atoms with Crippen molar-refractivity contribution >= 4 is 28.5 Å². The van der Waals surface area contributed by atoms with E-state index in [9.17, 15) is 9.59 Å². The number of para-hydroxylation sites is 1. The van der Waals surface area contributed by atoms with Crippen molar-refractivity contribution in [2.45, 2.75) is 19.3 Å². The number of allylic oxidation sites excluding steroid dienone is 1. The Kier molecular flexibility index (Phi) is 7.02. The molecule has 0 saturated carbocycles. The lowest BCUT2D eigenvalue weighted by molar-refractivity contribution is -0.144. The topological polar surface area (TPSA) is 80.4 Å². The molecule has 1 aromatic heterocycles. The second-order valence-electron chi connectivity index (χ2n) is 5.67. The lowest BCUT2D eigenvalue weighted by Gasteiger charge is -2.08. The minimum Gasteiger partial charge on any atom is -0.465 e. The van der Waals surface area contributed by atoms with Gasteiger partial charge in [0.05, 0.1) is 19.9 Å². The number of rotatable bonds is 9. The molecule has 0 aliphatic rings. The average Bonchev–Trinajstić information content (AvgIpc) is 3.02. The number of ether oxygens (including phenoxy) is 2. The van der Waals surface area contributed by atoms with E-state index in [0.717, 1.165) is 35.1 Å². The van der Waals surface area contributed by atoms with Crippen LogP contribution >= 0.6 is 0 Å². The minimum atomic E-state index is -0.699. The smallest absolute Gasteiger partial charge is 0.344 e. The lowest BCUT2D eigenvalue weighted by atomic mass is 10.1. The highest BCUT2D eigenvalue weighted by Gasteiger charge is 2.19. The number of carbonyl (C=O) groups excluding carboxylic acids is 2. The molecule has 0 bridgehead atoms. The summed E-state index contributed by atoms with van der Waals surface area (Å²) in [4.78, 5) is 26.7. The van der Waals surface area contributed by atoms with Gasteiger partial charge in [-0.2, -0.15) is 0 Å².